The van der Waals surface area contributed by atoms with Gasteiger partial charge in [-0.15, -0.1) is 0 Å². The molecule has 0 aliphatic carbocycles. The molecule has 0 saturated heterocycles. The largest absolute Gasteiger partial charge is 0.393 e. The van der Waals surface area contributed by atoms with Crippen LogP contribution in [0, 0.1) is 0 Å². The molecule has 0 rings (SSSR count). The first-order chi connectivity index (χ1) is 12.1. The van der Waals surface area contributed by atoms with Gasteiger partial charge in [0.1, 0.15) is 0 Å². The molecule has 4 nitrogen and oxygen atoms in total. The number of amides is 1. The van der Waals surface area contributed by atoms with Crippen molar-refractivity contribution in [3.63, 3.8) is 0 Å². The van der Waals surface area contributed by atoms with E-state index in [1.807, 2.05) is 6.92 Å². The molecule has 25 heavy (non-hydrogen) atoms. The molecule has 2 atom stereocenters. The molecule has 0 aromatic rings. The standard InChI is InChI=1S/C21H42N2O2/c1-3-5-6-13-16-19(24)17-14-11-9-7-8-10-12-15-18-21(25)23-20(22)4-2/h11,14,19-20,24H,3-10,12-13,15-18,22H2,1-2H3,(H,23,25)/t19-,20?/m1/s1. The predicted molar refractivity (Wildman–Crippen MR) is 107 cm³/mol. The number of nitrogens with one attached hydrogen (secondary N) is 1. The minimum absolute atomic E-state index is 0.0746. The second-order valence-electron chi connectivity index (χ2n) is 7.10. The average molecular weight is 355 g/mol. The lowest BCUT2D eigenvalue weighted by Gasteiger charge is -2.10. The fourth-order valence-corrected chi connectivity index (χ4v) is 2.75. The monoisotopic (exact) mass is 354 g/mol. The summed E-state index contributed by atoms with van der Waals surface area (Å²) in [5, 5.41) is 12.7. The summed E-state index contributed by atoms with van der Waals surface area (Å²) in [5.41, 5.74) is 5.68. The molecule has 0 fully saturated rings. The van der Waals surface area contributed by atoms with Crippen molar-refractivity contribution in [2.45, 2.75) is 116 Å². The number of rotatable bonds is 17. The molecule has 0 heterocycles. The Hall–Kier alpha value is -0.870. The van der Waals surface area contributed by atoms with Crippen LogP contribution in [0.4, 0.5) is 0 Å². The zero-order chi connectivity index (χ0) is 18.8. The first-order valence-electron chi connectivity index (χ1n) is 10.5. The van der Waals surface area contributed by atoms with Crippen molar-refractivity contribution in [1.29, 1.82) is 0 Å². The second kappa shape index (κ2) is 17.9. The fraction of sp³-hybridized carbons (Fsp3) is 0.857. The third-order valence-electron chi connectivity index (χ3n) is 4.53. The maximum absolute atomic E-state index is 11.6. The second-order valence-corrected chi connectivity index (χ2v) is 7.10. The Kier molecular flexibility index (Phi) is 17.3. The van der Waals surface area contributed by atoms with Crippen molar-refractivity contribution in [3.05, 3.63) is 12.2 Å². The summed E-state index contributed by atoms with van der Waals surface area (Å²) in [6, 6.07) is 0. The van der Waals surface area contributed by atoms with Crippen LogP contribution in [-0.2, 0) is 4.79 Å². The molecule has 0 aromatic heterocycles. The maximum Gasteiger partial charge on any atom is 0.221 e. The van der Waals surface area contributed by atoms with E-state index in [0.717, 1.165) is 44.9 Å². The SMILES string of the molecule is CCCCCC[C@@H](O)CC=CCCCCCCCC(=O)NC(N)CC. The Morgan fingerprint density at radius 2 is 1.68 bits per heavy atom. The Labute approximate surface area is 155 Å². The molecular weight excluding hydrogens is 312 g/mol. The third-order valence-corrected chi connectivity index (χ3v) is 4.53. The van der Waals surface area contributed by atoms with Crippen LogP contribution in [0.1, 0.15) is 104 Å². The summed E-state index contributed by atoms with van der Waals surface area (Å²) in [6.45, 7) is 4.17. The first kappa shape index (κ1) is 24.1. The van der Waals surface area contributed by atoms with Crippen molar-refractivity contribution >= 4 is 5.91 Å². The molecule has 0 saturated carbocycles. The van der Waals surface area contributed by atoms with E-state index in [9.17, 15) is 9.90 Å². The van der Waals surface area contributed by atoms with Gasteiger partial charge < -0.3 is 16.2 Å². The molecule has 4 heteroatoms. The number of carbonyl (C=O) groups is 1. The molecule has 1 amide bonds. The molecule has 0 aromatic carbocycles. The summed E-state index contributed by atoms with van der Waals surface area (Å²) in [6.07, 6.45) is 18.7. The molecule has 0 aliphatic rings. The van der Waals surface area contributed by atoms with E-state index in [2.05, 4.69) is 24.4 Å². The van der Waals surface area contributed by atoms with Crippen LogP contribution in [0.3, 0.4) is 0 Å². The van der Waals surface area contributed by atoms with Gasteiger partial charge in [-0.1, -0.05) is 70.9 Å². The van der Waals surface area contributed by atoms with E-state index in [-0.39, 0.29) is 18.2 Å². The highest BCUT2D eigenvalue weighted by Crippen LogP contribution is 2.10. The van der Waals surface area contributed by atoms with Crippen molar-refractivity contribution in [1.82, 2.24) is 5.32 Å². The van der Waals surface area contributed by atoms with Gasteiger partial charge in [-0.25, -0.2) is 0 Å². The molecule has 148 valence electrons. The number of allylic oxidation sites excluding steroid dienone is 1. The van der Waals surface area contributed by atoms with Gasteiger partial charge in [-0.05, 0) is 38.5 Å². The smallest absolute Gasteiger partial charge is 0.221 e. The minimum Gasteiger partial charge on any atom is -0.393 e. The number of aliphatic hydroxyl groups excluding tert-OH is 1. The first-order valence-corrected chi connectivity index (χ1v) is 10.5. The van der Waals surface area contributed by atoms with Gasteiger partial charge >= 0.3 is 0 Å². The number of hydrogen-bond donors (Lipinski definition) is 3. The van der Waals surface area contributed by atoms with Crippen molar-refractivity contribution in [3.8, 4) is 0 Å². The Morgan fingerprint density at radius 3 is 2.40 bits per heavy atom. The molecule has 0 bridgehead atoms. The van der Waals surface area contributed by atoms with Crippen LogP contribution < -0.4 is 11.1 Å². The van der Waals surface area contributed by atoms with E-state index in [1.54, 1.807) is 0 Å². The number of aliphatic hydroxyl groups is 1. The van der Waals surface area contributed by atoms with Crippen molar-refractivity contribution in [2.24, 2.45) is 5.73 Å². The van der Waals surface area contributed by atoms with Crippen LogP contribution in [0.5, 0.6) is 0 Å². The van der Waals surface area contributed by atoms with Crippen molar-refractivity contribution in [2.75, 3.05) is 0 Å². The Morgan fingerprint density at radius 1 is 1.00 bits per heavy atom. The maximum atomic E-state index is 11.6. The zero-order valence-corrected chi connectivity index (χ0v) is 16.6. The zero-order valence-electron chi connectivity index (χ0n) is 16.6. The van der Waals surface area contributed by atoms with Crippen LogP contribution in [0.25, 0.3) is 0 Å². The van der Waals surface area contributed by atoms with Gasteiger partial charge in [0.15, 0.2) is 0 Å². The lowest BCUT2D eigenvalue weighted by Crippen LogP contribution is -2.40. The average Bonchev–Trinajstić information content (AvgIpc) is 2.60. The van der Waals surface area contributed by atoms with E-state index in [4.69, 9.17) is 5.73 Å². The van der Waals surface area contributed by atoms with Gasteiger partial charge in [0.2, 0.25) is 5.91 Å². The highest BCUT2D eigenvalue weighted by molar-refractivity contribution is 5.76. The summed E-state index contributed by atoms with van der Waals surface area (Å²) in [7, 11) is 0. The van der Waals surface area contributed by atoms with Crippen molar-refractivity contribution < 1.29 is 9.90 Å². The van der Waals surface area contributed by atoms with E-state index >= 15 is 0 Å². The molecule has 0 spiro atoms. The number of hydrogen-bond acceptors (Lipinski definition) is 3. The normalized spacial score (nSPS) is 13.9. The predicted octanol–water partition coefficient (Wildman–Crippen LogP) is 4.81. The Balaban J connectivity index is 3.36. The lowest BCUT2D eigenvalue weighted by molar-refractivity contribution is -0.121. The fourth-order valence-electron chi connectivity index (χ4n) is 2.75. The molecular formula is C21H42N2O2. The lowest BCUT2D eigenvalue weighted by atomic mass is 10.1. The molecule has 1 unspecified atom stereocenters. The summed E-state index contributed by atoms with van der Waals surface area (Å²) in [4.78, 5) is 11.6. The molecule has 0 radical (unpaired) electrons. The van der Waals surface area contributed by atoms with Crippen LogP contribution in [-0.4, -0.2) is 23.3 Å². The van der Waals surface area contributed by atoms with Gasteiger partial charge in [-0.2, -0.15) is 0 Å². The van der Waals surface area contributed by atoms with E-state index in [0.29, 0.717) is 6.42 Å². The quantitative estimate of drug-likeness (QED) is 0.199. The minimum atomic E-state index is -0.200. The summed E-state index contributed by atoms with van der Waals surface area (Å²) < 4.78 is 0. The molecule has 0 aliphatic heterocycles. The summed E-state index contributed by atoms with van der Waals surface area (Å²) in [5.74, 6) is 0.0746. The van der Waals surface area contributed by atoms with Gasteiger partial charge in [0.05, 0.1) is 12.3 Å². The van der Waals surface area contributed by atoms with Crippen LogP contribution >= 0.6 is 0 Å². The van der Waals surface area contributed by atoms with Crippen LogP contribution in [0.15, 0.2) is 12.2 Å². The highest BCUT2D eigenvalue weighted by atomic mass is 16.3. The van der Waals surface area contributed by atoms with Crippen LogP contribution in [0.2, 0.25) is 0 Å². The van der Waals surface area contributed by atoms with Gasteiger partial charge in [0.25, 0.3) is 0 Å². The topological polar surface area (TPSA) is 75.3 Å². The molecule has 4 N–H and O–H groups in total. The number of nitrogens with two attached hydrogens (primary N) is 1. The van der Waals surface area contributed by atoms with E-state index < -0.39 is 0 Å². The summed E-state index contributed by atoms with van der Waals surface area (Å²) >= 11 is 0. The number of carbonyl (C=O) groups excluding carboxylic acids is 1. The third kappa shape index (κ3) is 17.7. The van der Waals surface area contributed by atoms with Gasteiger partial charge in [-0.3, -0.25) is 4.79 Å². The van der Waals surface area contributed by atoms with E-state index in [1.165, 1.54) is 38.5 Å². The van der Waals surface area contributed by atoms with Gasteiger partial charge in [0, 0.05) is 6.42 Å². The Bertz CT molecular complexity index is 332. The highest BCUT2D eigenvalue weighted by Gasteiger charge is 2.04. The number of unbranched alkanes of at least 4 members (excludes halogenated alkanes) is 8.